The Labute approximate surface area is 101 Å². The first-order valence-corrected chi connectivity index (χ1v) is 4.90. The van der Waals surface area contributed by atoms with E-state index in [1.54, 1.807) is 0 Å². The lowest BCUT2D eigenvalue weighted by Gasteiger charge is -2.16. The highest BCUT2D eigenvalue weighted by atomic mass is 19.3. The normalized spacial score (nSPS) is 13.2. The van der Waals surface area contributed by atoms with Crippen molar-refractivity contribution in [2.75, 3.05) is 6.61 Å². The van der Waals surface area contributed by atoms with E-state index in [-0.39, 0.29) is 5.75 Å². The zero-order valence-electron chi connectivity index (χ0n) is 9.12. The highest BCUT2D eigenvalue weighted by Crippen LogP contribution is 2.25. The second kappa shape index (κ2) is 5.74. The Bertz CT molecular complexity index is 423. The minimum atomic E-state index is -4.20. The Kier molecular flexibility index (Phi) is 4.56. The number of ether oxygens (including phenoxy) is 1. The molecule has 1 atom stereocenters. The highest BCUT2D eigenvalue weighted by molar-refractivity contribution is 5.31. The molecule has 1 aromatic carbocycles. The summed E-state index contributed by atoms with van der Waals surface area (Å²) in [5.74, 6) is -2.14. The van der Waals surface area contributed by atoms with E-state index in [0.717, 1.165) is 0 Å². The third kappa shape index (κ3) is 3.64. The first-order chi connectivity index (χ1) is 8.36. The molecule has 0 bridgehead atoms. The van der Waals surface area contributed by atoms with Gasteiger partial charge in [-0.25, -0.2) is 8.78 Å². The van der Waals surface area contributed by atoms with Gasteiger partial charge in [-0.15, -0.1) is 6.42 Å². The summed E-state index contributed by atoms with van der Waals surface area (Å²) in [5.41, 5.74) is 0.380. The maximum Gasteiger partial charge on any atom is 0.340 e. The Morgan fingerprint density at radius 1 is 1.28 bits per heavy atom. The first-order valence-electron chi connectivity index (χ1n) is 4.90. The number of aliphatic hydroxyl groups is 1. The van der Waals surface area contributed by atoms with Gasteiger partial charge in [0.15, 0.2) is 6.61 Å². The average Bonchev–Trinajstić information content (AvgIpc) is 2.36. The molecule has 0 amide bonds. The number of halogens is 4. The molecule has 1 aromatic rings. The fourth-order valence-corrected chi connectivity index (χ4v) is 1.09. The third-order valence-corrected chi connectivity index (χ3v) is 2.10. The minimum Gasteiger partial charge on any atom is -0.487 e. The van der Waals surface area contributed by atoms with Crippen LogP contribution < -0.4 is 4.74 Å². The van der Waals surface area contributed by atoms with Crippen LogP contribution in [0.3, 0.4) is 0 Å². The minimum absolute atomic E-state index is 0.0108. The van der Waals surface area contributed by atoms with Crippen LogP contribution in [0.15, 0.2) is 24.3 Å². The molecule has 98 valence electrons. The largest absolute Gasteiger partial charge is 0.487 e. The zero-order chi connectivity index (χ0) is 13.8. The maximum atomic E-state index is 12.6. The third-order valence-electron chi connectivity index (χ3n) is 2.10. The summed E-state index contributed by atoms with van der Waals surface area (Å²) in [6.45, 7) is -1.41. The van der Waals surface area contributed by atoms with Crippen LogP contribution in [0.25, 0.3) is 0 Å². The van der Waals surface area contributed by atoms with Crippen LogP contribution >= 0.6 is 0 Å². The van der Waals surface area contributed by atoms with Crippen molar-refractivity contribution in [1.29, 1.82) is 0 Å². The number of alkyl halides is 4. The summed E-state index contributed by atoms with van der Waals surface area (Å²) in [5, 5.41) is 9.26. The lowest BCUT2D eigenvalue weighted by atomic mass is 10.1. The standard InChI is InChI=1S/C12H10F4O2/c1-2-10(17)8-3-5-9(6-4-8)18-7-12(15,16)11(13)14/h1,3-6,10-11,17H,7H2. The quantitative estimate of drug-likeness (QED) is 0.653. The lowest BCUT2D eigenvalue weighted by molar-refractivity contribution is -0.148. The van der Waals surface area contributed by atoms with Gasteiger partial charge in [-0.3, -0.25) is 0 Å². The van der Waals surface area contributed by atoms with Crippen molar-refractivity contribution in [3.05, 3.63) is 29.8 Å². The van der Waals surface area contributed by atoms with Crippen molar-refractivity contribution in [2.45, 2.75) is 18.5 Å². The predicted molar refractivity (Wildman–Crippen MR) is 56.7 cm³/mol. The Balaban J connectivity index is 2.63. The molecule has 0 radical (unpaired) electrons. The van der Waals surface area contributed by atoms with E-state index in [1.807, 2.05) is 0 Å². The molecule has 0 saturated carbocycles. The SMILES string of the molecule is C#CC(O)c1ccc(OCC(F)(F)C(F)F)cc1. The van der Waals surface area contributed by atoms with Crippen molar-refractivity contribution < 1.29 is 27.4 Å². The molecule has 1 N–H and O–H groups in total. The summed E-state index contributed by atoms with van der Waals surface area (Å²) in [6, 6.07) is 5.25. The molecular weight excluding hydrogens is 252 g/mol. The second-order valence-electron chi connectivity index (χ2n) is 3.49. The van der Waals surface area contributed by atoms with Crippen LogP contribution in [0, 0.1) is 12.3 Å². The smallest absolute Gasteiger partial charge is 0.340 e. The summed E-state index contributed by atoms with van der Waals surface area (Å²) in [4.78, 5) is 0. The van der Waals surface area contributed by atoms with E-state index < -0.39 is 25.1 Å². The molecule has 0 spiro atoms. The molecule has 0 heterocycles. The van der Waals surface area contributed by atoms with Crippen molar-refractivity contribution in [3.63, 3.8) is 0 Å². The van der Waals surface area contributed by atoms with Crippen LogP contribution in [-0.2, 0) is 0 Å². The molecule has 2 nitrogen and oxygen atoms in total. The van der Waals surface area contributed by atoms with Gasteiger partial charge in [0.2, 0.25) is 0 Å². The number of hydrogen-bond acceptors (Lipinski definition) is 2. The van der Waals surface area contributed by atoms with Crippen molar-refractivity contribution >= 4 is 0 Å². The summed E-state index contributed by atoms with van der Waals surface area (Å²) in [6.07, 6.45) is 0.0900. The topological polar surface area (TPSA) is 29.5 Å². The Hall–Kier alpha value is -1.74. The van der Waals surface area contributed by atoms with E-state index in [0.29, 0.717) is 5.56 Å². The number of hydrogen-bond donors (Lipinski definition) is 1. The van der Waals surface area contributed by atoms with Gasteiger partial charge >= 0.3 is 12.3 Å². The van der Waals surface area contributed by atoms with Crippen LogP contribution in [0.5, 0.6) is 5.75 Å². The molecule has 0 fully saturated rings. The molecule has 18 heavy (non-hydrogen) atoms. The summed E-state index contributed by atoms with van der Waals surface area (Å²) in [7, 11) is 0. The molecule has 1 unspecified atom stereocenters. The van der Waals surface area contributed by atoms with Gasteiger partial charge in [-0.05, 0) is 17.7 Å². The monoisotopic (exact) mass is 262 g/mol. The van der Waals surface area contributed by atoms with Gasteiger partial charge in [0.1, 0.15) is 11.9 Å². The number of terminal acetylenes is 1. The van der Waals surface area contributed by atoms with E-state index in [1.165, 1.54) is 24.3 Å². The van der Waals surface area contributed by atoms with Gasteiger partial charge < -0.3 is 9.84 Å². The molecule has 1 rings (SSSR count). The molecule has 0 aromatic heterocycles. The van der Waals surface area contributed by atoms with Crippen LogP contribution in [0.4, 0.5) is 17.6 Å². The van der Waals surface area contributed by atoms with E-state index in [4.69, 9.17) is 6.42 Å². The van der Waals surface area contributed by atoms with Gasteiger partial charge in [-0.2, -0.15) is 8.78 Å². The van der Waals surface area contributed by atoms with Crippen LogP contribution in [0.2, 0.25) is 0 Å². The molecule has 6 heteroatoms. The van der Waals surface area contributed by atoms with Gasteiger partial charge in [0.25, 0.3) is 0 Å². The fraction of sp³-hybridized carbons (Fsp3) is 0.333. The fourth-order valence-electron chi connectivity index (χ4n) is 1.09. The molecule has 0 saturated heterocycles. The number of aliphatic hydroxyl groups excluding tert-OH is 1. The highest BCUT2D eigenvalue weighted by Gasteiger charge is 2.41. The first kappa shape index (κ1) is 14.3. The average molecular weight is 262 g/mol. The van der Waals surface area contributed by atoms with Crippen molar-refractivity contribution in [3.8, 4) is 18.1 Å². The van der Waals surface area contributed by atoms with Crippen molar-refractivity contribution in [1.82, 2.24) is 0 Å². The predicted octanol–water partition coefficient (Wildman–Crippen LogP) is 2.63. The van der Waals surface area contributed by atoms with Crippen molar-refractivity contribution in [2.24, 2.45) is 0 Å². The summed E-state index contributed by atoms with van der Waals surface area (Å²) < 4.78 is 53.3. The second-order valence-corrected chi connectivity index (χ2v) is 3.49. The Morgan fingerprint density at radius 2 is 1.83 bits per heavy atom. The number of benzene rings is 1. The van der Waals surface area contributed by atoms with E-state index >= 15 is 0 Å². The van der Waals surface area contributed by atoms with E-state index in [9.17, 15) is 22.7 Å². The number of rotatable bonds is 5. The zero-order valence-corrected chi connectivity index (χ0v) is 9.12. The molecule has 0 aliphatic rings. The molecule has 0 aliphatic carbocycles. The van der Waals surface area contributed by atoms with Gasteiger partial charge in [0.05, 0.1) is 0 Å². The molecule has 0 aliphatic heterocycles. The van der Waals surface area contributed by atoms with Gasteiger partial charge in [-0.1, -0.05) is 18.1 Å². The van der Waals surface area contributed by atoms with E-state index in [2.05, 4.69) is 10.7 Å². The summed E-state index contributed by atoms with van der Waals surface area (Å²) >= 11 is 0. The van der Waals surface area contributed by atoms with Crippen LogP contribution in [0.1, 0.15) is 11.7 Å². The molecular formula is C12H10F4O2. The maximum absolute atomic E-state index is 12.6. The lowest BCUT2D eigenvalue weighted by Crippen LogP contribution is -2.33. The van der Waals surface area contributed by atoms with Gasteiger partial charge in [0, 0.05) is 0 Å². The van der Waals surface area contributed by atoms with Crippen LogP contribution in [-0.4, -0.2) is 24.1 Å². The Morgan fingerprint density at radius 3 is 2.28 bits per heavy atom.